The molecule has 17 heavy (non-hydrogen) atoms. The molecule has 0 aliphatic carbocycles. The van der Waals surface area contributed by atoms with Crippen molar-refractivity contribution in [2.75, 3.05) is 5.32 Å². The zero-order valence-electron chi connectivity index (χ0n) is 10.2. The maximum atomic E-state index is 11.8. The molecule has 1 aromatic rings. The number of nitrogens with zero attached hydrogens (tertiary/aromatic N) is 1. The molecule has 0 spiro atoms. The maximum Gasteiger partial charge on any atom is 0.307 e. The van der Waals surface area contributed by atoms with Gasteiger partial charge < -0.3 is 10.4 Å². The van der Waals surface area contributed by atoms with Crippen molar-refractivity contribution in [2.45, 2.75) is 27.2 Å². The summed E-state index contributed by atoms with van der Waals surface area (Å²) in [5.41, 5.74) is -0.0459. The fourth-order valence-electron chi connectivity index (χ4n) is 1.15. The van der Waals surface area contributed by atoms with Crippen LogP contribution in [0, 0.1) is 5.41 Å². The van der Waals surface area contributed by atoms with Crippen molar-refractivity contribution < 1.29 is 14.7 Å². The number of carbonyl (C=O) groups is 2. The van der Waals surface area contributed by atoms with Crippen molar-refractivity contribution in [3.63, 3.8) is 0 Å². The number of carbonyl (C=O) groups excluding carboxylic acids is 1. The van der Waals surface area contributed by atoms with Crippen LogP contribution in [0.5, 0.6) is 0 Å². The lowest BCUT2D eigenvalue weighted by Gasteiger charge is -2.18. The Hall–Kier alpha value is -1.91. The van der Waals surface area contributed by atoms with E-state index < -0.39 is 11.4 Å². The molecule has 0 aromatic carbocycles. The first kappa shape index (κ1) is 13.2. The second kappa shape index (κ2) is 4.95. The zero-order chi connectivity index (χ0) is 13.1. The lowest BCUT2D eigenvalue weighted by molar-refractivity contribution is -0.136. The minimum atomic E-state index is -0.954. The molecule has 1 rings (SSSR count). The molecule has 2 N–H and O–H groups in total. The number of pyridine rings is 1. The molecule has 0 atom stereocenters. The Morgan fingerprint density at radius 1 is 1.41 bits per heavy atom. The third-order valence-corrected chi connectivity index (χ3v) is 2.15. The predicted octanol–water partition coefficient (Wildman–Crippen LogP) is 1.69. The second-order valence-corrected chi connectivity index (χ2v) is 4.79. The van der Waals surface area contributed by atoms with E-state index in [2.05, 4.69) is 10.3 Å². The zero-order valence-corrected chi connectivity index (χ0v) is 10.2. The molecule has 1 heterocycles. The molecular weight excluding hydrogens is 220 g/mol. The van der Waals surface area contributed by atoms with Crippen LogP contribution in [-0.4, -0.2) is 22.0 Å². The Kier molecular flexibility index (Phi) is 3.83. The maximum absolute atomic E-state index is 11.8. The van der Waals surface area contributed by atoms with Crippen molar-refractivity contribution in [2.24, 2.45) is 5.41 Å². The molecule has 0 aliphatic rings. The summed E-state index contributed by atoms with van der Waals surface area (Å²) in [6.45, 7) is 5.34. The summed E-state index contributed by atoms with van der Waals surface area (Å²) in [6.07, 6.45) is 1.36. The van der Waals surface area contributed by atoms with Gasteiger partial charge in [-0.15, -0.1) is 0 Å². The highest BCUT2D eigenvalue weighted by atomic mass is 16.4. The molecular formula is C12H16N2O3. The Morgan fingerprint density at radius 2 is 2.06 bits per heavy atom. The van der Waals surface area contributed by atoms with Crippen molar-refractivity contribution >= 4 is 17.7 Å². The van der Waals surface area contributed by atoms with Crippen LogP contribution < -0.4 is 5.32 Å². The number of hydrogen-bond acceptors (Lipinski definition) is 3. The number of amides is 1. The molecule has 0 saturated heterocycles. The third kappa shape index (κ3) is 3.86. The van der Waals surface area contributed by atoms with Gasteiger partial charge in [-0.25, -0.2) is 4.98 Å². The number of nitrogens with one attached hydrogen (secondary N) is 1. The standard InChI is InChI=1S/C12H16N2O3/c1-12(2,3)11(17)14-10-8(7-9(15)16)5-4-6-13-10/h4-6H,7H2,1-3H3,(H,15,16)(H,13,14,17). The minimum Gasteiger partial charge on any atom is -0.481 e. The topological polar surface area (TPSA) is 79.3 Å². The van der Waals surface area contributed by atoms with Crippen LogP contribution in [0.2, 0.25) is 0 Å². The highest BCUT2D eigenvalue weighted by molar-refractivity contribution is 5.94. The molecule has 92 valence electrons. The quantitative estimate of drug-likeness (QED) is 0.837. The predicted molar refractivity (Wildman–Crippen MR) is 63.7 cm³/mol. The van der Waals surface area contributed by atoms with Gasteiger partial charge in [0.2, 0.25) is 5.91 Å². The monoisotopic (exact) mass is 236 g/mol. The molecule has 0 aliphatic heterocycles. The Labute approximate surface area is 99.9 Å². The van der Waals surface area contributed by atoms with Gasteiger partial charge in [0.15, 0.2) is 0 Å². The van der Waals surface area contributed by atoms with Gasteiger partial charge >= 0.3 is 5.97 Å². The molecule has 0 bridgehead atoms. The van der Waals surface area contributed by atoms with Gasteiger partial charge in [-0.2, -0.15) is 0 Å². The fourth-order valence-corrected chi connectivity index (χ4v) is 1.15. The first-order valence-electron chi connectivity index (χ1n) is 5.28. The van der Waals surface area contributed by atoms with Gasteiger partial charge in [0.05, 0.1) is 6.42 Å². The molecule has 1 aromatic heterocycles. The van der Waals surface area contributed by atoms with E-state index in [4.69, 9.17) is 5.11 Å². The van der Waals surface area contributed by atoms with Crippen molar-refractivity contribution in [1.29, 1.82) is 0 Å². The first-order chi connectivity index (χ1) is 7.80. The van der Waals surface area contributed by atoms with Crippen molar-refractivity contribution in [3.05, 3.63) is 23.9 Å². The normalized spacial score (nSPS) is 11.0. The van der Waals surface area contributed by atoms with E-state index in [0.717, 1.165) is 0 Å². The van der Waals surface area contributed by atoms with Gasteiger partial charge in [0.1, 0.15) is 5.82 Å². The van der Waals surface area contributed by atoms with Crippen molar-refractivity contribution in [3.8, 4) is 0 Å². The fraction of sp³-hybridized carbons (Fsp3) is 0.417. The van der Waals surface area contributed by atoms with E-state index in [1.165, 1.54) is 6.20 Å². The van der Waals surface area contributed by atoms with Crippen LogP contribution in [0.1, 0.15) is 26.3 Å². The molecule has 0 radical (unpaired) electrons. The number of carboxylic acids is 1. The molecule has 0 saturated carbocycles. The van der Waals surface area contributed by atoms with E-state index in [1.807, 2.05) is 0 Å². The highest BCUT2D eigenvalue weighted by Crippen LogP contribution is 2.18. The average molecular weight is 236 g/mol. The third-order valence-electron chi connectivity index (χ3n) is 2.15. The summed E-state index contributed by atoms with van der Waals surface area (Å²) in [5.74, 6) is -0.832. The number of anilines is 1. The van der Waals surface area contributed by atoms with Crippen LogP contribution in [0.4, 0.5) is 5.82 Å². The van der Waals surface area contributed by atoms with Crippen LogP contribution >= 0.6 is 0 Å². The number of carboxylic acid groups (broad SMARTS) is 1. The summed E-state index contributed by atoms with van der Waals surface area (Å²) >= 11 is 0. The molecule has 1 amide bonds. The summed E-state index contributed by atoms with van der Waals surface area (Å²) in [5, 5.41) is 11.4. The molecule has 0 unspecified atom stereocenters. The molecule has 5 heteroatoms. The number of aromatic nitrogens is 1. The smallest absolute Gasteiger partial charge is 0.307 e. The Bertz CT molecular complexity index is 436. The lowest BCUT2D eigenvalue weighted by atomic mass is 9.95. The largest absolute Gasteiger partial charge is 0.481 e. The minimum absolute atomic E-state index is 0.159. The van der Waals surface area contributed by atoms with Gasteiger partial charge in [-0.3, -0.25) is 9.59 Å². The van der Waals surface area contributed by atoms with Crippen LogP contribution in [-0.2, 0) is 16.0 Å². The van der Waals surface area contributed by atoms with Crippen LogP contribution in [0.3, 0.4) is 0 Å². The average Bonchev–Trinajstić information content (AvgIpc) is 2.18. The number of aliphatic carboxylic acids is 1. The summed E-state index contributed by atoms with van der Waals surface area (Å²) in [7, 11) is 0. The summed E-state index contributed by atoms with van der Waals surface area (Å²) < 4.78 is 0. The van der Waals surface area contributed by atoms with Crippen LogP contribution in [0.15, 0.2) is 18.3 Å². The number of hydrogen-bond donors (Lipinski definition) is 2. The van der Waals surface area contributed by atoms with E-state index in [9.17, 15) is 9.59 Å². The number of rotatable bonds is 3. The Balaban J connectivity index is 2.91. The Morgan fingerprint density at radius 3 is 2.59 bits per heavy atom. The van der Waals surface area contributed by atoms with Gasteiger partial charge in [0, 0.05) is 17.2 Å². The lowest BCUT2D eigenvalue weighted by Crippen LogP contribution is -2.28. The second-order valence-electron chi connectivity index (χ2n) is 4.79. The van der Waals surface area contributed by atoms with Gasteiger partial charge in [-0.05, 0) is 6.07 Å². The summed E-state index contributed by atoms with van der Waals surface area (Å²) in [6, 6.07) is 3.28. The van der Waals surface area contributed by atoms with E-state index in [1.54, 1.807) is 32.9 Å². The summed E-state index contributed by atoms with van der Waals surface area (Å²) in [4.78, 5) is 26.4. The molecule has 0 fully saturated rings. The van der Waals surface area contributed by atoms with E-state index in [0.29, 0.717) is 11.4 Å². The first-order valence-corrected chi connectivity index (χ1v) is 5.28. The van der Waals surface area contributed by atoms with Crippen molar-refractivity contribution in [1.82, 2.24) is 4.98 Å². The van der Waals surface area contributed by atoms with E-state index >= 15 is 0 Å². The SMILES string of the molecule is CC(C)(C)C(=O)Nc1ncccc1CC(=O)O. The highest BCUT2D eigenvalue weighted by Gasteiger charge is 2.22. The molecule has 5 nitrogen and oxygen atoms in total. The van der Waals surface area contributed by atoms with E-state index in [-0.39, 0.29) is 12.3 Å². The van der Waals surface area contributed by atoms with Gasteiger partial charge in [-0.1, -0.05) is 26.8 Å². The van der Waals surface area contributed by atoms with Gasteiger partial charge in [0.25, 0.3) is 0 Å². The van der Waals surface area contributed by atoms with Crippen LogP contribution in [0.25, 0.3) is 0 Å².